The highest BCUT2D eigenvalue weighted by Crippen LogP contribution is 2.36. The molecule has 2 aromatic heterocycles. The number of anilines is 1. The highest BCUT2D eigenvalue weighted by Gasteiger charge is 2.25. The molecule has 1 aliphatic carbocycles. The normalized spacial score (nSPS) is 15.2. The number of benzene rings is 1. The third kappa shape index (κ3) is 3.42. The van der Waals surface area contributed by atoms with Crippen LogP contribution in [0.1, 0.15) is 59.6 Å². The number of nitrogen functional groups attached to an aromatic ring is 1. The van der Waals surface area contributed by atoms with E-state index in [1.807, 2.05) is 0 Å². The van der Waals surface area contributed by atoms with Crippen molar-refractivity contribution < 1.29 is 18.3 Å². The summed E-state index contributed by atoms with van der Waals surface area (Å²) in [5.41, 5.74) is 8.80. The number of hydrogen-bond donors (Lipinski definition) is 2. The summed E-state index contributed by atoms with van der Waals surface area (Å²) in [5.74, 6) is 0.206. The van der Waals surface area contributed by atoms with E-state index in [0.29, 0.717) is 22.5 Å². The van der Waals surface area contributed by atoms with Gasteiger partial charge < -0.3 is 15.5 Å². The largest absolute Gasteiger partial charge is 0.435 e. The lowest BCUT2D eigenvalue weighted by Crippen LogP contribution is -2.08. The van der Waals surface area contributed by atoms with E-state index < -0.39 is 6.61 Å². The van der Waals surface area contributed by atoms with Crippen LogP contribution < -0.4 is 10.5 Å². The molecular weight excluding hydrogens is 366 g/mol. The topological polar surface area (TPSA) is 93.9 Å². The van der Waals surface area contributed by atoms with Crippen LogP contribution in [0.2, 0.25) is 0 Å². The zero-order valence-corrected chi connectivity index (χ0v) is 15.1. The van der Waals surface area contributed by atoms with Crippen LogP contribution in [-0.2, 0) is 0 Å². The maximum absolute atomic E-state index is 13.0. The number of rotatable bonds is 5. The van der Waals surface area contributed by atoms with Crippen LogP contribution in [0, 0.1) is 0 Å². The van der Waals surface area contributed by atoms with Crippen LogP contribution in [0.3, 0.4) is 0 Å². The molecule has 2 heterocycles. The molecule has 28 heavy (non-hydrogen) atoms. The van der Waals surface area contributed by atoms with E-state index in [9.17, 15) is 13.6 Å². The summed E-state index contributed by atoms with van der Waals surface area (Å²) in [4.78, 5) is 24.9. The second-order valence-electron chi connectivity index (χ2n) is 6.96. The van der Waals surface area contributed by atoms with Gasteiger partial charge in [-0.3, -0.25) is 4.79 Å². The molecule has 6 nitrogen and oxygen atoms in total. The number of halogens is 2. The van der Waals surface area contributed by atoms with Crippen LogP contribution in [0.15, 0.2) is 30.6 Å². The van der Waals surface area contributed by atoms with Crippen molar-refractivity contribution in [3.8, 4) is 5.75 Å². The number of carbonyl (C=O) groups excluding carboxylic acids is 1. The number of nitrogens with two attached hydrogens (primary N) is 1. The molecule has 8 heteroatoms. The Morgan fingerprint density at radius 3 is 2.54 bits per heavy atom. The van der Waals surface area contributed by atoms with Gasteiger partial charge in [0.15, 0.2) is 5.78 Å². The van der Waals surface area contributed by atoms with Crippen molar-refractivity contribution in [3.63, 3.8) is 0 Å². The second-order valence-corrected chi connectivity index (χ2v) is 6.96. The fourth-order valence-corrected chi connectivity index (χ4v) is 3.88. The Bertz CT molecular complexity index is 995. The molecular formula is C20H20F2N4O2. The van der Waals surface area contributed by atoms with Gasteiger partial charge in [0.1, 0.15) is 23.4 Å². The maximum atomic E-state index is 13.0. The Morgan fingerprint density at radius 1 is 1.14 bits per heavy atom. The average Bonchev–Trinajstić information content (AvgIpc) is 3.04. The summed E-state index contributed by atoms with van der Waals surface area (Å²) in [6.07, 6.45) is 7.12. The molecule has 146 valence electrons. The highest BCUT2D eigenvalue weighted by molar-refractivity contribution is 6.19. The predicted molar refractivity (Wildman–Crippen MR) is 101 cm³/mol. The second kappa shape index (κ2) is 7.53. The first-order valence-electron chi connectivity index (χ1n) is 9.26. The Balaban J connectivity index is 1.70. The molecule has 0 saturated heterocycles. The fraction of sp³-hybridized carbons (Fsp3) is 0.350. The number of aromatic nitrogens is 3. The minimum atomic E-state index is -2.92. The molecule has 1 aliphatic rings. The van der Waals surface area contributed by atoms with Crippen molar-refractivity contribution in [3.05, 3.63) is 47.4 Å². The first-order chi connectivity index (χ1) is 13.5. The van der Waals surface area contributed by atoms with Crippen molar-refractivity contribution >= 4 is 22.6 Å². The first kappa shape index (κ1) is 18.3. The van der Waals surface area contributed by atoms with E-state index in [4.69, 9.17) is 5.73 Å². The van der Waals surface area contributed by atoms with E-state index in [-0.39, 0.29) is 22.9 Å². The number of fused-ring (bicyclic) bond motifs is 1. The summed E-state index contributed by atoms with van der Waals surface area (Å²) in [7, 11) is 0. The number of aromatic amines is 1. The number of carbonyl (C=O) groups is 1. The van der Waals surface area contributed by atoms with E-state index in [1.54, 1.807) is 0 Å². The predicted octanol–water partition coefficient (Wildman–Crippen LogP) is 4.42. The number of ether oxygens (including phenoxy) is 1. The summed E-state index contributed by atoms with van der Waals surface area (Å²) in [6, 6.07) is 5.52. The van der Waals surface area contributed by atoms with E-state index in [2.05, 4.69) is 19.7 Å². The van der Waals surface area contributed by atoms with Crippen molar-refractivity contribution in [2.75, 3.05) is 5.73 Å². The molecule has 0 unspecified atom stereocenters. The van der Waals surface area contributed by atoms with Crippen molar-refractivity contribution in [2.24, 2.45) is 0 Å². The highest BCUT2D eigenvalue weighted by atomic mass is 19.3. The van der Waals surface area contributed by atoms with Gasteiger partial charge in [-0.05, 0) is 37.1 Å². The number of H-pyrrole nitrogens is 1. The lowest BCUT2D eigenvalue weighted by atomic mass is 9.86. The first-order valence-corrected chi connectivity index (χ1v) is 9.26. The van der Waals surface area contributed by atoms with Crippen LogP contribution in [-0.4, -0.2) is 27.3 Å². The van der Waals surface area contributed by atoms with Crippen LogP contribution in [0.25, 0.3) is 11.0 Å². The van der Waals surface area contributed by atoms with Gasteiger partial charge in [0, 0.05) is 11.5 Å². The van der Waals surface area contributed by atoms with Gasteiger partial charge in [-0.1, -0.05) is 19.3 Å². The van der Waals surface area contributed by atoms with Crippen molar-refractivity contribution in [1.29, 1.82) is 0 Å². The zero-order chi connectivity index (χ0) is 19.7. The summed E-state index contributed by atoms with van der Waals surface area (Å²) in [6.45, 7) is -2.92. The summed E-state index contributed by atoms with van der Waals surface area (Å²) < 4.78 is 28.9. The summed E-state index contributed by atoms with van der Waals surface area (Å²) in [5, 5.41) is 0. The Morgan fingerprint density at radius 2 is 1.86 bits per heavy atom. The molecule has 1 aromatic carbocycles. The molecule has 0 atom stereocenters. The van der Waals surface area contributed by atoms with E-state index >= 15 is 0 Å². The quantitative estimate of drug-likeness (QED) is 0.633. The minimum Gasteiger partial charge on any atom is -0.435 e. The third-order valence-corrected chi connectivity index (χ3v) is 5.20. The molecule has 3 N–H and O–H groups in total. The van der Waals surface area contributed by atoms with Crippen molar-refractivity contribution in [1.82, 2.24) is 15.0 Å². The number of nitrogens with zero attached hydrogens (tertiary/aromatic N) is 2. The SMILES string of the molecule is Nc1[nH]c2c(C3CCCCC3)ncnc2c1C(=O)c1ccc(OC(F)F)cc1. The smallest absolute Gasteiger partial charge is 0.387 e. The third-order valence-electron chi connectivity index (χ3n) is 5.20. The van der Waals surface area contributed by atoms with E-state index in [0.717, 1.165) is 31.4 Å². The molecule has 0 spiro atoms. The lowest BCUT2D eigenvalue weighted by molar-refractivity contribution is -0.0498. The van der Waals surface area contributed by atoms with Crippen LogP contribution in [0.4, 0.5) is 14.6 Å². The van der Waals surface area contributed by atoms with Crippen LogP contribution >= 0.6 is 0 Å². The Labute approximate surface area is 160 Å². The van der Waals surface area contributed by atoms with Gasteiger partial charge >= 0.3 is 6.61 Å². The van der Waals surface area contributed by atoms with Gasteiger partial charge in [-0.25, -0.2) is 9.97 Å². The zero-order valence-electron chi connectivity index (χ0n) is 15.1. The molecule has 0 amide bonds. The molecule has 0 aliphatic heterocycles. The average molecular weight is 386 g/mol. The fourth-order valence-electron chi connectivity index (χ4n) is 3.88. The van der Waals surface area contributed by atoms with Crippen LogP contribution in [0.5, 0.6) is 5.75 Å². The maximum Gasteiger partial charge on any atom is 0.387 e. The number of nitrogens with one attached hydrogen (secondary N) is 1. The Kier molecular flexibility index (Phi) is 4.93. The molecule has 1 fully saturated rings. The molecule has 0 radical (unpaired) electrons. The monoisotopic (exact) mass is 386 g/mol. The Hall–Kier alpha value is -3.03. The number of alkyl halides is 2. The molecule has 4 rings (SSSR count). The molecule has 1 saturated carbocycles. The van der Waals surface area contributed by atoms with Gasteiger partial charge in [0.25, 0.3) is 0 Å². The summed E-state index contributed by atoms with van der Waals surface area (Å²) >= 11 is 0. The lowest BCUT2D eigenvalue weighted by Gasteiger charge is -2.21. The minimum absolute atomic E-state index is 0.0136. The molecule has 3 aromatic rings. The number of hydrogen-bond acceptors (Lipinski definition) is 5. The van der Waals surface area contributed by atoms with Gasteiger partial charge in [0.05, 0.1) is 16.8 Å². The van der Waals surface area contributed by atoms with E-state index in [1.165, 1.54) is 37.0 Å². The van der Waals surface area contributed by atoms with Gasteiger partial charge in [0.2, 0.25) is 0 Å². The standard InChI is InChI=1S/C20H20F2N4O2/c21-20(22)28-13-8-6-12(7-9-13)18(27)14-16-17(26-19(14)23)15(24-10-25-16)11-4-2-1-3-5-11/h6-11,20,26H,1-5,23H2. The van der Waals surface area contributed by atoms with Gasteiger partial charge in [-0.15, -0.1) is 0 Å². The van der Waals surface area contributed by atoms with Gasteiger partial charge in [-0.2, -0.15) is 8.78 Å². The molecule has 0 bridgehead atoms. The number of ketones is 1. The van der Waals surface area contributed by atoms with Crippen molar-refractivity contribution in [2.45, 2.75) is 44.6 Å².